The zero-order valence-electron chi connectivity index (χ0n) is 15.4. The van der Waals surface area contributed by atoms with Gasteiger partial charge in [0.25, 0.3) is 5.91 Å². The van der Waals surface area contributed by atoms with E-state index in [0.717, 1.165) is 11.3 Å². The van der Waals surface area contributed by atoms with E-state index in [9.17, 15) is 4.79 Å². The fourth-order valence-electron chi connectivity index (χ4n) is 2.80. The molecule has 4 aromatic rings. The molecule has 2 heterocycles. The van der Waals surface area contributed by atoms with Crippen LogP contribution in [0.2, 0.25) is 0 Å². The van der Waals surface area contributed by atoms with Crippen LogP contribution in [0.25, 0.3) is 17.1 Å². The van der Waals surface area contributed by atoms with Crippen LogP contribution in [0.5, 0.6) is 0 Å². The van der Waals surface area contributed by atoms with Crippen molar-refractivity contribution in [1.82, 2.24) is 30.2 Å². The molecule has 1 amide bonds. The number of carbonyl (C=O) groups excluding carboxylic acids is 1. The lowest BCUT2D eigenvalue weighted by Gasteiger charge is -2.10. The van der Waals surface area contributed by atoms with Crippen molar-refractivity contribution in [2.75, 3.05) is 5.32 Å². The summed E-state index contributed by atoms with van der Waals surface area (Å²) in [4.78, 5) is 21.5. The summed E-state index contributed by atoms with van der Waals surface area (Å²) in [6, 6.07) is 16.9. The Morgan fingerprint density at radius 3 is 2.57 bits per heavy atom. The van der Waals surface area contributed by atoms with Crippen molar-refractivity contribution < 1.29 is 4.79 Å². The predicted molar refractivity (Wildman–Crippen MR) is 104 cm³/mol. The van der Waals surface area contributed by atoms with Gasteiger partial charge in [-0.05, 0) is 42.5 Å². The number of aromatic nitrogens is 6. The third-order valence-electron chi connectivity index (χ3n) is 4.23. The highest BCUT2D eigenvalue weighted by atomic mass is 16.1. The number of hydrogen-bond donors (Lipinski definition) is 1. The molecule has 0 aliphatic rings. The van der Waals surface area contributed by atoms with Gasteiger partial charge in [0.15, 0.2) is 11.6 Å². The van der Waals surface area contributed by atoms with Gasteiger partial charge in [0.05, 0.1) is 16.9 Å². The van der Waals surface area contributed by atoms with E-state index in [2.05, 4.69) is 30.8 Å². The van der Waals surface area contributed by atoms with E-state index < -0.39 is 0 Å². The monoisotopic (exact) mass is 371 g/mol. The first-order valence-corrected chi connectivity index (χ1v) is 8.67. The van der Waals surface area contributed by atoms with Gasteiger partial charge in [0.2, 0.25) is 0 Å². The summed E-state index contributed by atoms with van der Waals surface area (Å²) < 4.78 is 1.60. The molecule has 28 heavy (non-hydrogen) atoms. The lowest BCUT2D eigenvalue weighted by molar-refractivity contribution is 0.102. The molecule has 0 bridgehead atoms. The highest BCUT2D eigenvalue weighted by molar-refractivity contribution is 6.05. The zero-order chi connectivity index (χ0) is 19.5. The van der Waals surface area contributed by atoms with Crippen LogP contribution in [-0.4, -0.2) is 36.1 Å². The van der Waals surface area contributed by atoms with Crippen molar-refractivity contribution >= 4 is 11.6 Å². The standard InChI is InChI=1S/C20H17N7O/c1-13-18(12-21-19(22-13)15-7-4-3-5-8-15)20(28)23-16-9-6-10-17(11-16)27-14(2)24-25-26-27/h3-12H,1-2H3,(H,23,28). The van der Waals surface area contributed by atoms with Crippen molar-refractivity contribution in [3.8, 4) is 17.1 Å². The average molecular weight is 371 g/mol. The second-order valence-corrected chi connectivity index (χ2v) is 6.20. The van der Waals surface area contributed by atoms with Crippen molar-refractivity contribution in [1.29, 1.82) is 0 Å². The van der Waals surface area contributed by atoms with Gasteiger partial charge in [-0.15, -0.1) is 5.10 Å². The molecule has 8 heteroatoms. The molecule has 0 aliphatic carbocycles. The molecule has 1 N–H and O–H groups in total. The van der Waals surface area contributed by atoms with E-state index >= 15 is 0 Å². The van der Waals surface area contributed by atoms with Crippen molar-refractivity contribution in [2.45, 2.75) is 13.8 Å². The number of benzene rings is 2. The van der Waals surface area contributed by atoms with E-state index in [4.69, 9.17) is 0 Å². The molecule has 0 fully saturated rings. The number of aryl methyl sites for hydroxylation is 2. The molecule has 0 unspecified atom stereocenters. The number of nitrogens with one attached hydrogen (secondary N) is 1. The predicted octanol–water partition coefficient (Wildman–Crippen LogP) is 2.99. The number of nitrogens with zero attached hydrogens (tertiary/aromatic N) is 6. The van der Waals surface area contributed by atoms with Gasteiger partial charge in [-0.2, -0.15) is 4.68 Å². The lowest BCUT2D eigenvalue weighted by atomic mass is 10.1. The van der Waals surface area contributed by atoms with Gasteiger partial charge in [-0.25, -0.2) is 9.97 Å². The van der Waals surface area contributed by atoms with Gasteiger partial charge >= 0.3 is 0 Å². The molecule has 0 saturated carbocycles. The van der Waals surface area contributed by atoms with Crippen molar-refractivity contribution in [2.24, 2.45) is 0 Å². The Labute approximate surface area is 161 Å². The van der Waals surface area contributed by atoms with E-state index in [1.807, 2.05) is 42.5 Å². The van der Waals surface area contributed by atoms with Crippen molar-refractivity contribution in [3.05, 3.63) is 77.9 Å². The SMILES string of the molecule is Cc1nc(-c2ccccc2)ncc1C(=O)Nc1cccc(-n2nnnc2C)c1. The molecule has 0 saturated heterocycles. The van der Waals surface area contributed by atoms with Crippen LogP contribution in [0.4, 0.5) is 5.69 Å². The highest BCUT2D eigenvalue weighted by Gasteiger charge is 2.13. The topological polar surface area (TPSA) is 98.5 Å². The zero-order valence-corrected chi connectivity index (χ0v) is 15.4. The summed E-state index contributed by atoms with van der Waals surface area (Å²) in [5, 5.41) is 14.3. The van der Waals surface area contributed by atoms with Crippen LogP contribution < -0.4 is 5.32 Å². The molecule has 8 nitrogen and oxygen atoms in total. The summed E-state index contributed by atoms with van der Waals surface area (Å²) in [6.45, 7) is 3.60. The minimum Gasteiger partial charge on any atom is -0.322 e. The Morgan fingerprint density at radius 2 is 1.86 bits per heavy atom. The number of carbonyl (C=O) groups is 1. The van der Waals surface area contributed by atoms with Crippen LogP contribution in [0.15, 0.2) is 60.8 Å². The molecule has 0 radical (unpaired) electrons. The Hall–Kier alpha value is -3.94. The van der Waals surface area contributed by atoms with E-state index in [-0.39, 0.29) is 5.91 Å². The maximum Gasteiger partial charge on any atom is 0.259 e. The molecule has 0 aliphatic heterocycles. The smallest absolute Gasteiger partial charge is 0.259 e. The lowest BCUT2D eigenvalue weighted by Crippen LogP contribution is -2.15. The van der Waals surface area contributed by atoms with Crippen LogP contribution in [0.3, 0.4) is 0 Å². The number of anilines is 1. The van der Waals surface area contributed by atoms with Gasteiger partial charge in [-0.1, -0.05) is 36.4 Å². The molecule has 138 valence electrons. The molecule has 2 aromatic heterocycles. The summed E-state index contributed by atoms with van der Waals surface area (Å²) in [5.41, 5.74) is 3.32. The maximum absolute atomic E-state index is 12.7. The number of tetrazole rings is 1. The molecule has 4 rings (SSSR count). The summed E-state index contributed by atoms with van der Waals surface area (Å²) >= 11 is 0. The number of amides is 1. The summed E-state index contributed by atoms with van der Waals surface area (Å²) in [6.07, 6.45) is 1.55. The Morgan fingerprint density at radius 1 is 1.04 bits per heavy atom. The second-order valence-electron chi connectivity index (χ2n) is 6.20. The van der Waals surface area contributed by atoms with E-state index in [0.29, 0.717) is 28.6 Å². The summed E-state index contributed by atoms with van der Waals surface area (Å²) in [7, 11) is 0. The van der Waals surface area contributed by atoms with Crippen molar-refractivity contribution in [3.63, 3.8) is 0 Å². The largest absolute Gasteiger partial charge is 0.322 e. The van der Waals surface area contributed by atoms with Gasteiger partial charge in [-0.3, -0.25) is 4.79 Å². The Bertz CT molecular complexity index is 1140. The van der Waals surface area contributed by atoms with E-state index in [1.54, 1.807) is 36.9 Å². The quantitative estimate of drug-likeness (QED) is 0.592. The van der Waals surface area contributed by atoms with Gasteiger partial charge in [0, 0.05) is 17.4 Å². The van der Waals surface area contributed by atoms with Crippen LogP contribution >= 0.6 is 0 Å². The molecule has 0 atom stereocenters. The average Bonchev–Trinajstić information content (AvgIpc) is 3.14. The molecule has 0 spiro atoms. The number of hydrogen-bond acceptors (Lipinski definition) is 6. The van der Waals surface area contributed by atoms with Crippen LogP contribution in [0, 0.1) is 13.8 Å². The third kappa shape index (κ3) is 3.48. The van der Waals surface area contributed by atoms with Crippen LogP contribution in [0.1, 0.15) is 21.9 Å². The van der Waals surface area contributed by atoms with E-state index in [1.165, 1.54) is 0 Å². The third-order valence-corrected chi connectivity index (χ3v) is 4.23. The first kappa shape index (κ1) is 17.5. The molecular formula is C20H17N7O. The first-order valence-electron chi connectivity index (χ1n) is 8.67. The van der Waals surface area contributed by atoms with Crippen LogP contribution in [-0.2, 0) is 0 Å². The Kier molecular flexibility index (Phi) is 4.59. The fourth-order valence-corrected chi connectivity index (χ4v) is 2.80. The second kappa shape index (κ2) is 7.36. The highest BCUT2D eigenvalue weighted by Crippen LogP contribution is 2.18. The minimum atomic E-state index is -0.275. The minimum absolute atomic E-state index is 0.275. The summed E-state index contributed by atoms with van der Waals surface area (Å²) in [5.74, 6) is 0.970. The molecular weight excluding hydrogens is 354 g/mol. The first-order chi connectivity index (χ1) is 13.6. The Balaban J connectivity index is 1.57. The number of rotatable bonds is 4. The maximum atomic E-state index is 12.7. The van der Waals surface area contributed by atoms with Gasteiger partial charge < -0.3 is 5.32 Å². The normalized spacial score (nSPS) is 10.6. The fraction of sp³-hybridized carbons (Fsp3) is 0.100. The molecule has 2 aromatic carbocycles. The van der Waals surface area contributed by atoms with Gasteiger partial charge in [0.1, 0.15) is 0 Å².